The van der Waals surface area contributed by atoms with Crippen LogP contribution in [0.4, 0.5) is 0 Å². The van der Waals surface area contributed by atoms with Crippen molar-refractivity contribution in [2.75, 3.05) is 6.54 Å². The number of hydrogen-bond donors (Lipinski definition) is 1. The second-order valence-electron chi connectivity index (χ2n) is 7.80. The van der Waals surface area contributed by atoms with E-state index in [0.717, 1.165) is 18.9 Å². The van der Waals surface area contributed by atoms with Gasteiger partial charge in [-0.05, 0) is 55.4 Å². The van der Waals surface area contributed by atoms with Gasteiger partial charge in [0, 0.05) is 25.9 Å². The van der Waals surface area contributed by atoms with Crippen LogP contribution in [-0.2, 0) is 13.5 Å². The fourth-order valence-electron chi connectivity index (χ4n) is 3.67. The molecule has 0 spiro atoms. The number of hydrogen-bond acceptors (Lipinski definition) is 2. The summed E-state index contributed by atoms with van der Waals surface area (Å²) in [6.07, 6.45) is 11.4. The van der Waals surface area contributed by atoms with Crippen molar-refractivity contribution in [3.05, 3.63) is 18.2 Å². The molecule has 0 radical (unpaired) electrons. The van der Waals surface area contributed by atoms with Crippen LogP contribution >= 0.6 is 0 Å². The Morgan fingerprint density at radius 1 is 1.35 bits per heavy atom. The van der Waals surface area contributed by atoms with Gasteiger partial charge in [0.1, 0.15) is 5.82 Å². The predicted molar refractivity (Wildman–Crippen MR) is 84.4 cm³/mol. The lowest BCUT2D eigenvalue weighted by Gasteiger charge is -2.43. The average Bonchev–Trinajstić information content (AvgIpc) is 2.81. The summed E-state index contributed by atoms with van der Waals surface area (Å²) in [6, 6.07) is 0. The highest BCUT2D eigenvalue weighted by Crippen LogP contribution is 2.46. The topological polar surface area (TPSA) is 43.8 Å². The molecule has 3 nitrogen and oxygen atoms in total. The van der Waals surface area contributed by atoms with E-state index >= 15 is 0 Å². The zero-order chi connectivity index (χ0) is 14.8. The molecule has 1 aromatic heterocycles. The van der Waals surface area contributed by atoms with Crippen molar-refractivity contribution in [2.24, 2.45) is 29.5 Å². The van der Waals surface area contributed by atoms with Gasteiger partial charge in [-0.25, -0.2) is 4.98 Å². The first kappa shape index (κ1) is 15.6. The van der Waals surface area contributed by atoms with Crippen molar-refractivity contribution in [1.82, 2.24) is 9.55 Å². The van der Waals surface area contributed by atoms with Gasteiger partial charge in [-0.1, -0.05) is 20.8 Å². The molecule has 0 bridgehead atoms. The Morgan fingerprint density at radius 3 is 2.45 bits per heavy atom. The minimum absolute atomic E-state index is 0.355. The molecular formula is C17H31N3. The summed E-state index contributed by atoms with van der Waals surface area (Å²) in [7, 11) is 2.08. The van der Waals surface area contributed by atoms with E-state index in [4.69, 9.17) is 5.73 Å². The zero-order valence-corrected chi connectivity index (χ0v) is 13.7. The van der Waals surface area contributed by atoms with Gasteiger partial charge in [-0.15, -0.1) is 0 Å². The van der Waals surface area contributed by atoms with Gasteiger partial charge in [-0.2, -0.15) is 0 Å². The monoisotopic (exact) mass is 277 g/mol. The Kier molecular flexibility index (Phi) is 4.58. The van der Waals surface area contributed by atoms with Crippen LogP contribution in [0.25, 0.3) is 0 Å². The van der Waals surface area contributed by atoms with E-state index in [1.165, 1.54) is 37.9 Å². The van der Waals surface area contributed by atoms with Gasteiger partial charge >= 0.3 is 0 Å². The molecule has 1 aliphatic carbocycles. The average molecular weight is 277 g/mol. The highest BCUT2D eigenvalue weighted by Gasteiger charge is 2.37. The van der Waals surface area contributed by atoms with Gasteiger partial charge in [0.25, 0.3) is 0 Å². The molecule has 2 rings (SSSR count). The second-order valence-corrected chi connectivity index (χ2v) is 7.80. The first-order valence-corrected chi connectivity index (χ1v) is 8.03. The summed E-state index contributed by atoms with van der Waals surface area (Å²) in [4.78, 5) is 4.44. The Morgan fingerprint density at radius 2 is 2.00 bits per heavy atom. The lowest BCUT2D eigenvalue weighted by molar-refractivity contribution is 0.0859. The number of nitrogens with zero attached hydrogens (tertiary/aromatic N) is 2. The molecule has 0 atom stereocenters. The highest BCUT2D eigenvalue weighted by atomic mass is 15.0. The van der Waals surface area contributed by atoms with E-state index < -0.39 is 0 Å². The maximum absolute atomic E-state index is 6.14. The standard InChI is InChI=1S/C17H31N3/c1-16(2,3)14-5-8-17(13-18,9-6-14)10-7-15-19-11-12-20(15)4/h11-12,14H,5-10,13,18H2,1-4H3. The van der Waals surface area contributed by atoms with E-state index in [-0.39, 0.29) is 0 Å². The minimum atomic E-state index is 0.355. The molecule has 0 aliphatic heterocycles. The largest absolute Gasteiger partial charge is 0.338 e. The Labute approximate surface area is 124 Å². The van der Waals surface area contributed by atoms with Gasteiger partial charge in [0.15, 0.2) is 0 Å². The van der Waals surface area contributed by atoms with Crippen molar-refractivity contribution >= 4 is 0 Å². The molecule has 1 heterocycles. The molecule has 1 aromatic rings. The molecule has 0 aromatic carbocycles. The third kappa shape index (κ3) is 3.43. The van der Waals surface area contributed by atoms with E-state index in [1.54, 1.807) is 0 Å². The van der Waals surface area contributed by atoms with Crippen LogP contribution in [0.5, 0.6) is 0 Å². The van der Waals surface area contributed by atoms with E-state index in [9.17, 15) is 0 Å². The Hall–Kier alpha value is -0.830. The number of rotatable bonds is 4. The van der Waals surface area contributed by atoms with Crippen molar-refractivity contribution in [3.63, 3.8) is 0 Å². The fraction of sp³-hybridized carbons (Fsp3) is 0.824. The lowest BCUT2D eigenvalue weighted by atomic mass is 9.62. The summed E-state index contributed by atoms with van der Waals surface area (Å²) >= 11 is 0. The predicted octanol–water partition coefficient (Wildman–Crippen LogP) is 3.53. The van der Waals surface area contributed by atoms with Gasteiger partial charge < -0.3 is 10.3 Å². The van der Waals surface area contributed by atoms with Crippen LogP contribution in [0.3, 0.4) is 0 Å². The van der Waals surface area contributed by atoms with Crippen LogP contribution in [0, 0.1) is 16.7 Å². The highest BCUT2D eigenvalue weighted by molar-refractivity contribution is 4.96. The Bertz CT molecular complexity index is 420. The molecule has 1 saturated carbocycles. The van der Waals surface area contributed by atoms with Crippen LogP contribution < -0.4 is 5.73 Å². The summed E-state index contributed by atoms with van der Waals surface area (Å²) in [5.41, 5.74) is 6.94. The number of imidazole rings is 1. The van der Waals surface area contributed by atoms with Crippen LogP contribution in [-0.4, -0.2) is 16.1 Å². The number of nitrogens with two attached hydrogens (primary N) is 1. The maximum atomic E-state index is 6.14. The SMILES string of the molecule is Cn1ccnc1CCC1(CN)CCC(C(C)(C)C)CC1. The first-order chi connectivity index (χ1) is 9.36. The van der Waals surface area contributed by atoms with Gasteiger partial charge in [-0.3, -0.25) is 0 Å². The van der Waals surface area contributed by atoms with Crippen molar-refractivity contribution in [3.8, 4) is 0 Å². The third-order valence-corrected chi connectivity index (χ3v) is 5.50. The van der Waals surface area contributed by atoms with E-state index in [2.05, 4.69) is 37.4 Å². The summed E-state index contributed by atoms with van der Waals surface area (Å²) in [5.74, 6) is 2.05. The minimum Gasteiger partial charge on any atom is -0.338 e. The Balaban J connectivity index is 1.93. The van der Waals surface area contributed by atoms with Gasteiger partial charge in [0.05, 0.1) is 0 Å². The van der Waals surface area contributed by atoms with Crippen molar-refractivity contribution < 1.29 is 0 Å². The molecule has 1 aliphatic rings. The van der Waals surface area contributed by atoms with Crippen LogP contribution in [0.2, 0.25) is 0 Å². The quantitative estimate of drug-likeness (QED) is 0.915. The number of aromatic nitrogens is 2. The second kappa shape index (κ2) is 5.88. The maximum Gasteiger partial charge on any atom is 0.108 e. The zero-order valence-electron chi connectivity index (χ0n) is 13.7. The smallest absolute Gasteiger partial charge is 0.108 e. The lowest BCUT2D eigenvalue weighted by Crippen LogP contribution is -2.38. The molecule has 114 valence electrons. The van der Waals surface area contributed by atoms with Crippen LogP contribution in [0.1, 0.15) is 58.7 Å². The third-order valence-electron chi connectivity index (χ3n) is 5.50. The molecule has 1 fully saturated rings. The summed E-state index contributed by atoms with van der Waals surface area (Å²) < 4.78 is 2.13. The summed E-state index contributed by atoms with van der Waals surface area (Å²) in [6.45, 7) is 7.96. The van der Waals surface area contributed by atoms with Gasteiger partial charge in [0.2, 0.25) is 0 Å². The molecular weight excluding hydrogens is 246 g/mol. The molecule has 0 unspecified atom stereocenters. The summed E-state index contributed by atoms with van der Waals surface area (Å²) in [5, 5.41) is 0. The first-order valence-electron chi connectivity index (χ1n) is 8.03. The van der Waals surface area contributed by atoms with Crippen LogP contribution in [0.15, 0.2) is 12.4 Å². The molecule has 3 heteroatoms. The molecule has 0 amide bonds. The fourth-order valence-corrected chi connectivity index (χ4v) is 3.67. The van der Waals surface area contributed by atoms with E-state index in [1.807, 2.05) is 12.4 Å². The normalized spacial score (nSPS) is 27.8. The number of aryl methyl sites for hydroxylation is 2. The van der Waals surface area contributed by atoms with E-state index in [0.29, 0.717) is 10.8 Å². The van der Waals surface area contributed by atoms with Crippen molar-refractivity contribution in [1.29, 1.82) is 0 Å². The van der Waals surface area contributed by atoms with Crippen molar-refractivity contribution in [2.45, 2.75) is 59.3 Å². The molecule has 20 heavy (non-hydrogen) atoms. The molecule has 0 saturated heterocycles. The molecule has 2 N–H and O–H groups in total.